The molecule has 17 heavy (non-hydrogen) atoms. The molecule has 4 nitrogen and oxygen atoms in total. The van der Waals surface area contributed by atoms with Crippen LogP contribution in [0.1, 0.15) is 11.3 Å². The van der Waals surface area contributed by atoms with Crippen molar-refractivity contribution in [1.82, 2.24) is 9.78 Å². The third kappa shape index (κ3) is 2.36. The molecule has 0 spiro atoms. The smallest absolute Gasteiger partial charge is 0.141 e. The Morgan fingerprint density at radius 1 is 1.47 bits per heavy atom. The van der Waals surface area contributed by atoms with E-state index in [4.69, 9.17) is 22.1 Å². The molecule has 0 atom stereocenters. The summed E-state index contributed by atoms with van der Waals surface area (Å²) >= 11 is 5.95. The highest BCUT2D eigenvalue weighted by atomic mass is 35.5. The number of hydrogen-bond donors (Lipinski definition) is 1. The molecule has 2 N–H and O–H groups in total. The number of nitrogen functional groups attached to an aromatic ring is 1. The van der Waals surface area contributed by atoms with Gasteiger partial charge >= 0.3 is 0 Å². The van der Waals surface area contributed by atoms with Gasteiger partial charge in [-0.15, -0.1) is 0 Å². The van der Waals surface area contributed by atoms with Crippen molar-refractivity contribution >= 4 is 17.3 Å². The van der Waals surface area contributed by atoms with Crippen molar-refractivity contribution < 1.29 is 4.74 Å². The van der Waals surface area contributed by atoms with Crippen molar-refractivity contribution in [1.29, 1.82) is 0 Å². The lowest BCUT2D eigenvalue weighted by Crippen LogP contribution is -2.04. The van der Waals surface area contributed by atoms with Gasteiger partial charge in [0.2, 0.25) is 0 Å². The van der Waals surface area contributed by atoms with Gasteiger partial charge in [-0.3, -0.25) is 4.68 Å². The second-order valence-corrected chi connectivity index (χ2v) is 4.22. The Hall–Kier alpha value is -1.68. The Labute approximate surface area is 105 Å². The van der Waals surface area contributed by atoms with E-state index in [1.54, 1.807) is 13.3 Å². The van der Waals surface area contributed by atoms with Crippen LogP contribution in [-0.2, 0) is 6.54 Å². The first-order chi connectivity index (χ1) is 8.11. The molecular formula is C12H14ClN3O. The van der Waals surface area contributed by atoms with Gasteiger partial charge in [-0.2, -0.15) is 5.10 Å². The topological polar surface area (TPSA) is 53.1 Å². The molecule has 0 bridgehead atoms. The van der Waals surface area contributed by atoms with E-state index in [0.29, 0.717) is 23.0 Å². The Kier molecular flexibility index (Phi) is 3.24. The summed E-state index contributed by atoms with van der Waals surface area (Å²) in [5, 5.41) is 4.87. The standard InChI is InChI=1S/C12H14ClN3O/c1-8-10(13)6-15-16(8)7-9-3-4-12(17-2)11(14)5-9/h3-6H,7,14H2,1-2H3. The van der Waals surface area contributed by atoms with Gasteiger partial charge in [0.1, 0.15) is 5.75 Å². The Morgan fingerprint density at radius 2 is 2.24 bits per heavy atom. The lowest BCUT2D eigenvalue weighted by Gasteiger charge is -2.08. The molecule has 1 aromatic carbocycles. The predicted octanol–water partition coefficient (Wildman–Crippen LogP) is 2.48. The molecule has 5 heteroatoms. The molecule has 0 aliphatic heterocycles. The van der Waals surface area contributed by atoms with E-state index in [1.165, 1.54) is 0 Å². The van der Waals surface area contributed by atoms with Crippen LogP contribution in [0.5, 0.6) is 5.75 Å². The summed E-state index contributed by atoms with van der Waals surface area (Å²) in [6, 6.07) is 5.70. The molecule has 2 rings (SSSR count). The average Bonchev–Trinajstić information content (AvgIpc) is 2.61. The normalized spacial score (nSPS) is 10.5. The molecule has 0 unspecified atom stereocenters. The maximum absolute atomic E-state index is 5.95. The minimum atomic E-state index is 0.626. The van der Waals surface area contributed by atoms with Crippen LogP contribution in [-0.4, -0.2) is 16.9 Å². The van der Waals surface area contributed by atoms with Crippen LogP contribution in [0.2, 0.25) is 5.02 Å². The van der Waals surface area contributed by atoms with E-state index >= 15 is 0 Å². The van der Waals surface area contributed by atoms with Crippen LogP contribution in [0.15, 0.2) is 24.4 Å². The first kappa shape index (κ1) is 11.8. The van der Waals surface area contributed by atoms with Crippen LogP contribution in [0, 0.1) is 6.92 Å². The SMILES string of the molecule is COc1ccc(Cn2ncc(Cl)c2C)cc1N. The molecule has 0 saturated heterocycles. The molecule has 0 amide bonds. The summed E-state index contributed by atoms with van der Waals surface area (Å²) in [6.45, 7) is 2.58. The number of rotatable bonds is 3. The van der Waals surface area contributed by atoms with Gasteiger partial charge in [-0.05, 0) is 24.6 Å². The van der Waals surface area contributed by atoms with Crippen molar-refractivity contribution in [3.63, 3.8) is 0 Å². The number of aromatic nitrogens is 2. The zero-order valence-electron chi connectivity index (χ0n) is 9.77. The largest absolute Gasteiger partial charge is 0.495 e. The second-order valence-electron chi connectivity index (χ2n) is 3.81. The highest BCUT2D eigenvalue weighted by Crippen LogP contribution is 2.23. The molecule has 0 aliphatic rings. The van der Waals surface area contributed by atoms with Gasteiger partial charge in [0.15, 0.2) is 0 Å². The summed E-state index contributed by atoms with van der Waals surface area (Å²) in [4.78, 5) is 0. The average molecular weight is 252 g/mol. The zero-order valence-corrected chi connectivity index (χ0v) is 10.5. The number of nitrogens with two attached hydrogens (primary N) is 1. The van der Waals surface area contributed by atoms with Gasteiger partial charge in [0.05, 0.1) is 36.3 Å². The summed E-state index contributed by atoms with van der Waals surface area (Å²) in [5.41, 5.74) is 8.48. The maximum atomic E-state index is 5.95. The number of anilines is 1. The monoisotopic (exact) mass is 251 g/mol. The summed E-state index contributed by atoms with van der Waals surface area (Å²) < 4.78 is 6.95. The number of halogens is 1. The van der Waals surface area contributed by atoms with Crippen molar-refractivity contribution in [2.45, 2.75) is 13.5 Å². The molecule has 0 fully saturated rings. The summed E-state index contributed by atoms with van der Waals surface area (Å²) in [7, 11) is 1.60. The Morgan fingerprint density at radius 3 is 2.76 bits per heavy atom. The third-order valence-electron chi connectivity index (χ3n) is 2.67. The fourth-order valence-electron chi connectivity index (χ4n) is 1.64. The number of ether oxygens (including phenoxy) is 1. The number of nitrogens with zero attached hydrogens (tertiary/aromatic N) is 2. The second kappa shape index (κ2) is 4.67. The van der Waals surface area contributed by atoms with Gasteiger partial charge in [0, 0.05) is 0 Å². The molecule has 90 valence electrons. The fourth-order valence-corrected chi connectivity index (χ4v) is 1.78. The lowest BCUT2D eigenvalue weighted by molar-refractivity contribution is 0.417. The first-order valence-corrected chi connectivity index (χ1v) is 5.60. The van der Waals surface area contributed by atoms with Crippen LogP contribution in [0.4, 0.5) is 5.69 Å². The quantitative estimate of drug-likeness (QED) is 0.853. The van der Waals surface area contributed by atoms with E-state index in [0.717, 1.165) is 11.3 Å². The van der Waals surface area contributed by atoms with E-state index in [2.05, 4.69) is 5.10 Å². The lowest BCUT2D eigenvalue weighted by atomic mass is 10.2. The molecular weight excluding hydrogens is 238 g/mol. The van der Waals surface area contributed by atoms with Gasteiger partial charge in [0.25, 0.3) is 0 Å². The number of benzene rings is 1. The summed E-state index contributed by atoms with van der Waals surface area (Å²) in [5.74, 6) is 0.684. The van der Waals surface area contributed by atoms with Crippen molar-refractivity contribution in [3.05, 3.63) is 40.7 Å². The van der Waals surface area contributed by atoms with Crippen molar-refractivity contribution in [2.24, 2.45) is 0 Å². The molecule has 0 saturated carbocycles. The van der Waals surface area contributed by atoms with Gasteiger partial charge in [-0.1, -0.05) is 17.7 Å². The number of methoxy groups -OCH3 is 1. The minimum absolute atomic E-state index is 0.626. The third-order valence-corrected chi connectivity index (χ3v) is 3.04. The van der Waals surface area contributed by atoms with E-state index in [1.807, 2.05) is 29.8 Å². The highest BCUT2D eigenvalue weighted by molar-refractivity contribution is 6.31. The molecule has 0 aliphatic carbocycles. The van der Waals surface area contributed by atoms with Crippen LogP contribution in [0.3, 0.4) is 0 Å². The Bertz CT molecular complexity index is 537. The van der Waals surface area contributed by atoms with Crippen molar-refractivity contribution in [2.75, 3.05) is 12.8 Å². The highest BCUT2D eigenvalue weighted by Gasteiger charge is 2.06. The van der Waals surface area contributed by atoms with E-state index in [-0.39, 0.29) is 0 Å². The molecule has 1 aromatic heterocycles. The van der Waals surface area contributed by atoms with Crippen molar-refractivity contribution in [3.8, 4) is 5.75 Å². The summed E-state index contributed by atoms with van der Waals surface area (Å²) in [6.07, 6.45) is 1.64. The van der Waals surface area contributed by atoms with Crippen LogP contribution >= 0.6 is 11.6 Å². The first-order valence-electron chi connectivity index (χ1n) is 5.22. The predicted molar refractivity (Wildman–Crippen MR) is 68.5 cm³/mol. The maximum Gasteiger partial charge on any atom is 0.141 e. The number of hydrogen-bond acceptors (Lipinski definition) is 3. The minimum Gasteiger partial charge on any atom is -0.495 e. The van der Waals surface area contributed by atoms with Crippen LogP contribution in [0.25, 0.3) is 0 Å². The Balaban J connectivity index is 2.25. The van der Waals surface area contributed by atoms with Crippen LogP contribution < -0.4 is 10.5 Å². The molecule has 2 aromatic rings. The zero-order chi connectivity index (χ0) is 12.4. The van der Waals surface area contributed by atoms with Gasteiger partial charge < -0.3 is 10.5 Å². The molecule has 1 heterocycles. The fraction of sp³-hybridized carbons (Fsp3) is 0.250. The molecule has 0 radical (unpaired) electrons. The van der Waals surface area contributed by atoms with E-state index in [9.17, 15) is 0 Å². The van der Waals surface area contributed by atoms with Gasteiger partial charge in [-0.25, -0.2) is 0 Å². The van der Waals surface area contributed by atoms with E-state index < -0.39 is 0 Å².